The molecule has 2 aromatic heterocycles. The third-order valence-electron chi connectivity index (χ3n) is 4.67. The van der Waals surface area contributed by atoms with Gasteiger partial charge in [-0.2, -0.15) is 0 Å². The van der Waals surface area contributed by atoms with Gasteiger partial charge in [0.15, 0.2) is 0 Å². The van der Waals surface area contributed by atoms with Gasteiger partial charge in [0.25, 0.3) is 0 Å². The van der Waals surface area contributed by atoms with Crippen molar-refractivity contribution in [1.29, 1.82) is 0 Å². The summed E-state index contributed by atoms with van der Waals surface area (Å²) in [6, 6.07) is 5.56. The van der Waals surface area contributed by atoms with Gasteiger partial charge in [-0.1, -0.05) is 23.2 Å². The highest BCUT2D eigenvalue weighted by Crippen LogP contribution is 2.36. The van der Waals surface area contributed by atoms with Crippen LogP contribution in [-0.4, -0.2) is 38.6 Å². The van der Waals surface area contributed by atoms with E-state index in [9.17, 15) is 4.57 Å². The van der Waals surface area contributed by atoms with Crippen molar-refractivity contribution >= 4 is 48.2 Å². The normalized spacial score (nSPS) is 17.7. The van der Waals surface area contributed by atoms with Crippen LogP contribution < -0.4 is 4.90 Å². The van der Waals surface area contributed by atoms with Crippen LogP contribution in [0, 0.1) is 0 Å². The van der Waals surface area contributed by atoms with E-state index in [0.29, 0.717) is 15.6 Å². The molecule has 0 amide bonds. The van der Waals surface area contributed by atoms with E-state index >= 15 is 0 Å². The van der Waals surface area contributed by atoms with Crippen molar-refractivity contribution < 1.29 is 14.0 Å². The van der Waals surface area contributed by atoms with Crippen LogP contribution in [0.2, 0.25) is 10.0 Å². The molecule has 0 spiro atoms. The first-order valence-corrected chi connectivity index (χ1v) is 10.3. The van der Waals surface area contributed by atoms with Gasteiger partial charge in [-0.05, 0) is 25.0 Å². The summed E-state index contributed by atoms with van der Waals surface area (Å²) in [5.41, 5.74) is 1.48. The predicted molar refractivity (Wildman–Crippen MR) is 105 cm³/mol. The van der Waals surface area contributed by atoms with E-state index in [2.05, 4.69) is 9.88 Å². The summed E-state index contributed by atoms with van der Waals surface area (Å²) >= 11 is 12.6. The quantitative estimate of drug-likeness (QED) is 0.611. The van der Waals surface area contributed by atoms with Crippen molar-refractivity contribution in [2.75, 3.05) is 18.1 Å². The van der Waals surface area contributed by atoms with Crippen LogP contribution in [0.25, 0.3) is 16.6 Å². The average molecular weight is 426 g/mol. The minimum atomic E-state index is -2.63. The first-order chi connectivity index (χ1) is 13.0. The van der Waals surface area contributed by atoms with E-state index in [1.807, 2.05) is 22.9 Å². The molecule has 27 heavy (non-hydrogen) atoms. The summed E-state index contributed by atoms with van der Waals surface area (Å²) in [4.78, 5) is 19.9. The number of rotatable bonds is 5. The largest absolute Gasteiger partial charge is 0.694 e. The lowest BCUT2D eigenvalue weighted by molar-refractivity contribution is 0.261. The second kappa shape index (κ2) is 7.70. The molecule has 1 unspecified atom stereocenters. The zero-order valence-electron chi connectivity index (χ0n) is 14.1. The van der Waals surface area contributed by atoms with Gasteiger partial charge in [0.1, 0.15) is 12.4 Å². The standard InChI is InChI=1S/C17H15Cl2N4O3P/c18-13-4-3-12-14(22-7-5-20-10-22)8-15(21-17(12)16(13)19)23-6-1-2-11(23)9-26-27(24)25/h3-5,7-8,10-11H,1-2,6,9H2/p+1/t11-/m0/s1. The number of aromatic nitrogens is 3. The lowest BCUT2D eigenvalue weighted by Crippen LogP contribution is -2.33. The predicted octanol–water partition coefficient (Wildman–Crippen LogP) is 4.36. The maximum Gasteiger partial charge on any atom is 0.694 e. The Labute approximate surface area is 166 Å². The fourth-order valence-electron chi connectivity index (χ4n) is 3.43. The molecule has 0 bridgehead atoms. The Kier molecular flexibility index (Phi) is 5.30. The minimum absolute atomic E-state index is 0.0327. The molecule has 0 saturated carbocycles. The molecular formula is C17H16Cl2N4O3P+. The number of hydrogen-bond acceptors (Lipinski definition) is 5. The summed E-state index contributed by atoms with van der Waals surface area (Å²) in [6.45, 7) is 0.936. The smallest absolute Gasteiger partial charge is 0.351 e. The van der Waals surface area contributed by atoms with Gasteiger partial charge >= 0.3 is 8.25 Å². The maximum absolute atomic E-state index is 10.9. The molecule has 0 aliphatic carbocycles. The summed E-state index contributed by atoms with van der Waals surface area (Å²) in [7, 11) is -2.63. The van der Waals surface area contributed by atoms with Crippen molar-refractivity contribution in [3.05, 3.63) is 47.0 Å². The molecule has 1 aromatic carbocycles. The third kappa shape index (κ3) is 3.66. The number of anilines is 1. The van der Waals surface area contributed by atoms with Crippen LogP contribution in [0.1, 0.15) is 12.8 Å². The van der Waals surface area contributed by atoms with E-state index in [1.165, 1.54) is 0 Å². The first kappa shape index (κ1) is 18.6. The van der Waals surface area contributed by atoms with E-state index in [0.717, 1.165) is 36.3 Å². The van der Waals surface area contributed by atoms with Gasteiger partial charge in [0.05, 0.1) is 33.6 Å². The number of imidazole rings is 1. The molecule has 1 N–H and O–H groups in total. The van der Waals surface area contributed by atoms with E-state index in [4.69, 9.17) is 37.6 Å². The van der Waals surface area contributed by atoms with E-state index in [-0.39, 0.29) is 12.6 Å². The fourth-order valence-corrected chi connectivity index (χ4v) is 4.08. The maximum atomic E-state index is 10.9. The van der Waals surface area contributed by atoms with Gasteiger partial charge in [-0.15, -0.1) is 9.42 Å². The Hall–Kier alpha value is -1.76. The molecule has 140 valence electrons. The minimum Gasteiger partial charge on any atom is -0.351 e. The lowest BCUT2D eigenvalue weighted by Gasteiger charge is -2.25. The molecule has 10 heteroatoms. The van der Waals surface area contributed by atoms with Crippen LogP contribution in [-0.2, 0) is 9.09 Å². The lowest BCUT2D eigenvalue weighted by atomic mass is 10.1. The molecule has 1 fully saturated rings. The van der Waals surface area contributed by atoms with Crippen molar-refractivity contribution in [1.82, 2.24) is 14.5 Å². The molecule has 7 nitrogen and oxygen atoms in total. The monoisotopic (exact) mass is 425 g/mol. The zero-order chi connectivity index (χ0) is 19.0. The van der Waals surface area contributed by atoms with Crippen LogP contribution in [0.15, 0.2) is 36.9 Å². The summed E-state index contributed by atoms with van der Waals surface area (Å²) in [5, 5.41) is 1.68. The third-order valence-corrected chi connectivity index (χ3v) is 5.83. The Morgan fingerprint density at radius 3 is 2.96 bits per heavy atom. The van der Waals surface area contributed by atoms with Gasteiger partial charge < -0.3 is 9.47 Å². The number of hydrogen-bond donors (Lipinski definition) is 1. The fraction of sp³-hybridized carbons (Fsp3) is 0.294. The van der Waals surface area contributed by atoms with Crippen molar-refractivity contribution in [3.8, 4) is 5.69 Å². The number of fused-ring (bicyclic) bond motifs is 1. The number of halogens is 2. The second-order valence-corrected chi connectivity index (χ2v) is 7.77. The van der Waals surface area contributed by atoms with Crippen LogP contribution in [0.3, 0.4) is 0 Å². The van der Waals surface area contributed by atoms with Crippen LogP contribution >= 0.6 is 31.5 Å². The summed E-state index contributed by atoms with van der Waals surface area (Å²) in [6.07, 6.45) is 7.06. The van der Waals surface area contributed by atoms with Crippen molar-refractivity contribution in [2.45, 2.75) is 18.9 Å². The van der Waals surface area contributed by atoms with Gasteiger partial charge in [-0.25, -0.2) is 9.97 Å². The first-order valence-electron chi connectivity index (χ1n) is 8.37. The molecular weight excluding hydrogens is 410 g/mol. The molecule has 1 aliphatic rings. The van der Waals surface area contributed by atoms with E-state index in [1.54, 1.807) is 18.6 Å². The van der Waals surface area contributed by atoms with Gasteiger partial charge in [-0.3, -0.25) is 0 Å². The molecule has 1 aliphatic heterocycles. The highest BCUT2D eigenvalue weighted by atomic mass is 35.5. The molecule has 4 rings (SSSR count). The molecule has 2 atom stereocenters. The molecule has 3 aromatic rings. The molecule has 3 heterocycles. The number of benzene rings is 1. The topological polar surface area (TPSA) is 80.5 Å². The average Bonchev–Trinajstić information content (AvgIpc) is 3.34. The highest BCUT2D eigenvalue weighted by Gasteiger charge is 2.30. The number of nitrogens with zero attached hydrogens (tertiary/aromatic N) is 4. The number of pyridine rings is 1. The van der Waals surface area contributed by atoms with Crippen LogP contribution in [0.4, 0.5) is 5.82 Å². The van der Waals surface area contributed by atoms with Gasteiger partial charge in [0, 0.05) is 35.0 Å². The SMILES string of the molecule is O=[P+](O)OC[C@@H]1CCCN1c1cc(-n2ccnc2)c2ccc(Cl)c(Cl)c2n1. The van der Waals surface area contributed by atoms with Gasteiger partial charge in [0.2, 0.25) is 0 Å². The second-order valence-electron chi connectivity index (χ2n) is 6.25. The molecule has 0 radical (unpaired) electrons. The Balaban J connectivity index is 1.83. The Morgan fingerprint density at radius 1 is 1.37 bits per heavy atom. The summed E-state index contributed by atoms with van der Waals surface area (Å²) < 4.78 is 17.8. The van der Waals surface area contributed by atoms with Crippen molar-refractivity contribution in [3.63, 3.8) is 0 Å². The Bertz CT molecular complexity index is 1000. The Morgan fingerprint density at radius 2 is 2.22 bits per heavy atom. The van der Waals surface area contributed by atoms with E-state index < -0.39 is 8.25 Å². The summed E-state index contributed by atoms with van der Waals surface area (Å²) in [5.74, 6) is 0.717. The highest BCUT2D eigenvalue weighted by molar-refractivity contribution is 7.32. The van der Waals surface area contributed by atoms with Crippen LogP contribution in [0.5, 0.6) is 0 Å². The zero-order valence-corrected chi connectivity index (χ0v) is 16.5. The van der Waals surface area contributed by atoms with Crippen molar-refractivity contribution in [2.24, 2.45) is 0 Å². The molecule has 1 saturated heterocycles.